The summed E-state index contributed by atoms with van der Waals surface area (Å²) in [5, 5.41) is 8.99. The molecular formula is C14H18N2O2. The van der Waals surface area contributed by atoms with Crippen molar-refractivity contribution in [3.8, 4) is 0 Å². The maximum Gasteiger partial charge on any atom is 0.335 e. The number of aryl methyl sites for hydroxylation is 1. The third-order valence-corrected chi connectivity index (χ3v) is 3.51. The van der Waals surface area contributed by atoms with Gasteiger partial charge in [0.15, 0.2) is 0 Å². The highest BCUT2D eigenvalue weighted by atomic mass is 16.4. The number of carboxylic acid groups (broad SMARTS) is 1. The Morgan fingerprint density at radius 2 is 2.06 bits per heavy atom. The Balaban J connectivity index is 2.58. The maximum absolute atomic E-state index is 10.9. The molecule has 1 aromatic carbocycles. The normalized spacial score (nSPS) is 11.3. The van der Waals surface area contributed by atoms with Crippen molar-refractivity contribution in [3.63, 3.8) is 0 Å². The van der Waals surface area contributed by atoms with Gasteiger partial charge >= 0.3 is 5.97 Å². The number of imidazole rings is 1. The zero-order chi connectivity index (χ0) is 13.3. The summed E-state index contributed by atoms with van der Waals surface area (Å²) in [5.41, 5.74) is 2.04. The average molecular weight is 246 g/mol. The summed E-state index contributed by atoms with van der Waals surface area (Å²) in [6.45, 7) is 4.30. The summed E-state index contributed by atoms with van der Waals surface area (Å²) in [6.07, 6.45) is 2.08. The van der Waals surface area contributed by atoms with Crippen molar-refractivity contribution in [2.45, 2.75) is 32.6 Å². The molecule has 0 amide bonds. The molecule has 0 spiro atoms. The van der Waals surface area contributed by atoms with Crippen LogP contribution in [0.25, 0.3) is 11.0 Å². The predicted octanol–water partition coefficient (Wildman–Crippen LogP) is 3.18. The standard InChI is InChI=1S/C14H18N2O2/c1-4-9(5-2)13-15-11-8-10(14(17)18)6-7-12(11)16(13)3/h6-9H,4-5H2,1-3H3,(H,17,18). The van der Waals surface area contributed by atoms with Crippen LogP contribution >= 0.6 is 0 Å². The summed E-state index contributed by atoms with van der Waals surface area (Å²) < 4.78 is 2.07. The molecule has 4 nitrogen and oxygen atoms in total. The number of hydrogen-bond donors (Lipinski definition) is 1. The molecule has 0 aliphatic carbocycles. The van der Waals surface area contributed by atoms with Gasteiger partial charge in [-0.05, 0) is 31.0 Å². The van der Waals surface area contributed by atoms with Crippen LogP contribution in [0.1, 0.15) is 48.8 Å². The van der Waals surface area contributed by atoms with E-state index in [0.717, 1.165) is 29.7 Å². The van der Waals surface area contributed by atoms with Crippen LogP contribution in [0.2, 0.25) is 0 Å². The van der Waals surface area contributed by atoms with Gasteiger partial charge in [0.2, 0.25) is 0 Å². The van der Waals surface area contributed by atoms with Crippen molar-refractivity contribution in [1.29, 1.82) is 0 Å². The largest absolute Gasteiger partial charge is 0.478 e. The number of carboxylic acids is 1. The van der Waals surface area contributed by atoms with Gasteiger partial charge in [0.05, 0.1) is 16.6 Å². The predicted molar refractivity (Wildman–Crippen MR) is 71.0 cm³/mol. The number of nitrogens with zero attached hydrogens (tertiary/aromatic N) is 2. The lowest BCUT2D eigenvalue weighted by Crippen LogP contribution is -2.04. The molecule has 0 fully saturated rings. The van der Waals surface area contributed by atoms with E-state index in [2.05, 4.69) is 23.4 Å². The van der Waals surface area contributed by atoms with Crippen LogP contribution in [-0.2, 0) is 7.05 Å². The van der Waals surface area contributed by atoms with Gasteiger partial charge in [-0.3, -0.25) is 0 Å². The monoisotopic (exact) mass is 246 g/mol. The molecule has 1 N–H and O–H groups in total. The highest BCUT2D eigenvalue weighted by molar-refractivity contribution is 5.92. The first kappa shape index (κ1) is 12.6. The van der Waals surface area contributed by atoms with Gasteiger partial charge in [-0.2, -0.15) is 0 Å². The molecule has 1 aromatic heterocycles. The second-order valence-electron chi connectivity index (χ2n) is 4.55. The quantitative estimate of drug-likeness (QED) is 0.901. The highest BCUT2D eigenvalue weighted by Crippen LogP contribution is 2.26. The van der Waals surface area contributed by atoms with E-state index in [-0.39, 0.29) is 5.56 Å². The number of aromatic nitrogens is 2. The molecule has 0 saturated heterocycles. The Morgan fingerprint density at radius 3 is 2.61 bits per heavy atom. The van der Waals surface area contributed by atoms with E-state index >= 15 is 0 Å². The Labute approximate surface area is 106 Å². The smallest absolute Gasteiger partial charge is 0.335 e. The average Bonchev–Trinajstić information content (AvgIpc) is 2.68. The molecule has 2 aromatic rings. The highest BCUT2D eigenvalue weighted by Gasteiger charge is 2.16. The first-order valence-electron chi connectivity index (χ1n) is 6.28. The fourth-order valence-corrected chi connectivity index (χ4v) is 2.37. The van der Waals surface area contributed by atoms with E-state index in [1.807, 2.05) is 13.1 Å². The van der Waals surface area contributed by atoms with Crippen molar-refractivity contribution in [2.75, 3.05) is 0 Å². The van der Waals surface area contributed by atoms with Gasteiger partial charge in [-0.15, -0.1) is 0 Å². The first-order valence-corrected chi connectivity index (χ1v) is 6.28. The number of carbonyl (C=O) groups is 1. The van der Waals surface area contributed by atoms with Crippen LogP contribution in [0, 0.1) is 0 Å². The van der Waals surface area contributed by atoms with Gasteiger partial charge in [-0.25, -0.2) is 9.78 Å². The van der Waals surface area contributed by atoms with Crippen LogP contribution in [0.3, 0.4) is 0 Å². The molecule has 0 aliphatic heterocycles. The fraction of sp³-hybridized carbons (Fsp3) is 0.429. The zero-order valence-electron chi connectivity index (χ0n) is 11.0. The second kappa shape index (κ2) is 4.80. The second-order valence-corrected chi connectivity index (χ2v) is 4.55. The van der Waals surface area contributed by atoms with Crippen LogP contribution in [0.15, 0.2) is 18.2 Å². The molecule has 0 bridgehead atoms. The molecule has 0 atom stereocenters. The Morgan fingerprint density at radius 1 is 1.39 bits per heavy atom. The number of benzene rings is 1. The summed E-state index contributed by atoms with van der Waals surface area (Å²) >= 11 is 0. The van der Waals surface area contributed by atoms with E-state index in [4.69, 9.17) is 5.11 Å². The van der Waals surface area contributed by atoms with Gasteiger partial charge in [0.1, 0.15) is 5.82 Å². The fourth-order valence-electron chi connectivity index (χ4n) is 2.37. The lowest BCUT2D eigenvalue weighted by atomic mass is 10.0. The molecule has 0 unspecified atom stereocenters. The van der Waals surface area contributed by atoms with Gasteiger partial charge < -0.3 is 9.67 Å². The van der Waals surface area contributed by atoms with Crippen molar-refractivity contribution in [1.82, 2.24) is 9.55 Å². The minimum atomic E-state index is -0.911. The third-order valence-electron chi connectivity index (χ3n) is 3.51. The summed E-state index contributed by atoms with van der Waals surface area (Å²) in [5.74, 6) is 0.555. The summed E-state index contributed by atoms with van der Waals surface area (Å²) in [7, 11) is 1.99. The minimum absolute atomic E-state index is 0.289. The SMILES string of the molecule is CCC(CC)c1nc2cc(C(=O)O)ccc2n1C. The van der Waals surface area contributed by atoms with Crippen molar-refractivity contribution in [2.24, 2.45) is 7.05 Å². The number of rotatable bonds is 4. The molecular weight excluding hydrogens is 228 g/mol. The Kier molecular flexibility index (Phi) is 3.36. The van der Waals surface area contributed by atoms with Gasteiger partial charge in [0.25, 0.3) is 0 Å². The number of aromatic carboxylic acids is 1. The molecule has 18 heavy (non-hydrogen) atoms. The van der Waals surface area contributed by atoms with Crippen LogP contribution in [-0.4, -0.2) is 20.6 Å². The molecule has 4 heteroatoms. The van der Waals surface area contributed by atoms with E-state index < -0.39 is 5.97 Å². The lowest BCUT2D eigenvalue weighted by Gasteiger charge is -2.11. The van der Waals surface area contributed by atoms with Crippen molar-refractivity contribution < 1.29 is 9.90 Å². The third kappa shape index (κ3) is 1.98. The minimum Gasteiger partial charge on any atom is -0.478 e. The summed E-state index contributed by atoms with van der Waals surface area (Å²) in [4.78, 5) is 15.5. The molecule has 0 aliphatic rings. The van der Waals surface area contributed by atoms with E-state index in [9.17, 15) is 4.79 Å². The molecule has 0 saturated carbocycles. The lowest BCUT2D eigenvalue weighted by molar-refractivity contribution is 0.0697. The van der Waals surface area contributed by atoms with E-state index in [0.29, 0.717) is 5.92 Å². The van der Waals surface area contributed by atoms with Crippen molar-refractivity contribution in [3.05, 3.63) is 29.6 Å². The molecule has 1 heterocycles. The van der Waals surface area contributed by atoms with E-state index in [1.54, 1.807) is 12.1 Å². The zero-order valence-corrected chi connectivity index (χ0v) is 11.0. The molecule has 0 radical (unpaired) electrons. The number of fused-ring (bicyclic) bond motifs is 1. The number of hydrogen-bond acceptors (Lipinski definition) is 2. The van der Waals surface area contributed by atoms with Gasteiger partial charge in [-0.1, -0.05) is 13.8 Å². The Hall–Kier alpha value is -1.84. The summed E-state index contributed by atoms with van der Waals surface area (Å²) in [6, 6.07) is 5.10. The maximum atomic E-state index is 10.9. The first-order chi connectivity index (χ1) is 8.58. The topological polar surface area (TPSA) is 55.1 Å². The van der Waals surface area contributed by atoms with E-state index in [1.165, 1.54) is 0 Å². The molecule has 96 valence electrons. The van der Waals surface area contributed by atoms with Gasteiger partial charge in [0, 0.05) is 13.0 Å². The van der Waals surface area contributed by atoms with Crippen molar-refractivity contribution >= 4 is 17.0 Å². The van der Waals surface area contributed by atoms with Crippen LogP contribution < -0.4 is 0 Å². The Bertz CT molecular complexity index is 583. The molecule has 2 rings (SSSR count). The van der Waals surface area contributed by atoms with Crippen LogP contribution in [0.4, 0.5) is 0 Å². The van der Waals surface area contributed by atoms with Crippen LogP contribution in [0.5, 0.6) is 0 Å².